The molecule has 0 aliphatic heterocycles. The maximum absolute atomic E-state index is 11.7. The lowest BCUT2D eigenvalue weighted by Gasteiger charge is -1.99. The number of amides is 1. The Labute approximate surface area is 99.2 Å². The molecule has 82 valence electrons. The number of pyridine rings is 1. The first-order valence-electron chi connectivity index (χ1n) is 4.37. The van der Waals surface area contributed by atoms with E-state index in [0.29, 0.717) is 11.4 Å². The molecule has 0 saturated heterocycles. The highest BCUT2D eigenvalue weighted by Gasteiger charge is 2.10. The van der Waals surface area contributed by atoms with Gasteiger partial charge in [0.15, 0.2) is 5.82 Å². The lowest BCUT2D eigenvalue weighted by Crippen LogP contribution is -2.12. The fraction of sp³-hybridized carbons (Fsp3) is 0.111. The summed E-state index contributed by atoms with van der Waals surface area (Å²) in [5.41, 5.74) is 0.408. The van der Waals surface area contributed by atoms with Gasteiger partial charge < -0.3 is 4.52 Å². The minimum Gasteiger partial charge on any atom is -0.315 e. The second-order valence-electron chi connectivity index (χ2n) is 2.99. The summed E-state index contributed by atoms with van der Waals surface area (Å²) in [6.07, 6.45) is 3.04. The summed E-state index contributed by atoms with van der Waals surface area (Å²) >= 11 is 3.23. The van der Waals surface area contributed by atoms with Crippen LogP contribution >= 0.6 is 15.9 Å². The lowest BCUT2D eigenvalue weighted by atomic mass is 10.3. The molecule has 1 amide bonds. The van der Waals surface area contributed by atoms with Gasteiger partial charge in [-0.25, -0.2) is 0 Å². The van der Waals surface area contributed by atoms with Crippen molar-refractivity contribution < 1.29 is 9.32 Å². The number of anilines is 1. The summed E-state index contributed by atoms with van der Waals surface area (Å²) in [6, 6.07) is 1.72. The largest absolute Gasteiger partial charge is 0.328 e. The van der Waals surface area contributed by atoms with Gasteiger partial charge in [0.05, 0.1) is 5.56 Å². The average Bonchev–Trinajstić information content (AvgIpc) is 2.64. The van der Waals surface area contributed by atoms with Crippen LogP contribution in [0.25, 0.3) is 0 Å². The Balaban J connectivity index is 2.14. The van der Waals surface area contributed by atoms with E-state index in [1.165, 1.54) is 6.20 Å². The number of nitrogens with one attached hydrogen (secondary N) is 1. The van der Waals surface area contributed by atoms with E-state index in [1.807, 2.05) is 0 Å². The quantitative estimate of drug-likeness (QED) is 0.908. The summed E-state index contributed by atoms with van der Waals surface area (Å²) in [5.74, 6) is 0.111. The third-order valence-electron chi connectivity index (χ3n) is 1.72. The highest BCUT2D eigenvalue weighted by Crippen LogP contribution is 2.11. The number of carbonyl (C=O) groups is 1. The highest BCUT2D eigenvalue weighted by atomic mass is 79.9. The molecule has 2 aromatic heterocycles. The molecule has 7 heteroatoms. The molecule has 0 unspecified atom stereocenters. The van der Waals surface area contributed by atoms with Crippen LogP contribution in [0.4, 0.5) is 6.01 Å². The van der Waals surface area contributed by atoms with Crippen LogP contribution in [-0.2, 0) is 0 Å². The number of aromatic nitrogens is 3. The third-order valence-corrected chi connectivity index (χ3v) is 2.15. The average molecular weight is 283 g/mol. The maximum Gasteiger partial charge on any atom is 0.328 e. The van der Waals surface area contributed by atoms with Gasteiger partial charge in [-0.05, 0) is 28.9 Å². The van der Waals surface area contributed by atoms with Crippen molar-refractivity contribution in [2.24, 2.45) is 0 Å². The smallest absolute Gasteiger partial charge is 0.315 e. The second-order valence-corrected chi connectivity index (χ2v) is 3.91. The van der Waals surface area contributed by atoms with E-state index in [9.17, 15) is 4.79 Å². The van der Waals surface area contributed by atoms with Crippen LogP contribution in [0.5, 0.6) is 0 Å². The molecular weight excluding hydrogens is 276 g/mol. The first-order valence-corrected chi connectivity index (χ1v) is 5.16. The molecule has 0 aliphatic rings. The van der Waals surface area contributed by atoms with Gasteiger partial charge in [0.1, 0.15) is 0 Å². The number of carbonyl (C=O) groups excluding carboxylic acids is 1. The Morgan fingerprint density at radius 2 is 2.31 bits per heavy atom. The zero-order chi connectivity index (χ0) is 11.5. The first kappa shape index (κ1) is 10.7. The minimum atomic E-state index is -0.350. The number of aryl methyl sites for hydroxylation is 1. The monoisotopic (exact) mass is 282 g/mol. The van der Waals surface area contributed by atoms with E-state index in [-0.39, 0.29) is 11.9 Å². The highest BCUT2D eigenvalue weighted by molar-refractivity contribution is 9.10. The Morgan fingerprint density at radius 1 is 1.50 bits per heavy atom. The molecule has 0 spiro atoms. The maximum atomic E-state index is 11.7. The summed E-state index contributed by atoms with van der Waals surface area (Å²) < 4.78 is 5.49. The Hall–Kier alpha value is -1.76. The van der Waals surface area contributed by atoms with Crippen molar-refractivity contribution in [3.8, 4) is 0 Å². The molecule has 16 heavy (non-hydrogen) atoms. The Kier molecular flexibility index (Phi) is 2.95. The van der Waals surface area contributed by atoms with E-state index < -0.39 is 0 Å². The van der Waals surface area contributed by atoms with Crippen molar-refractivity contribution in [3.05, 3.63) is 34.3 Å². The van der Waals surface area contributed by atoms with Crippen LogP contribution in [0, 0.1) is 6.92 Å². The fourth-order valence-electron chi connectivity index (χ4n) is 1.05. The van der Waals surface area contributed by atoms with Gasteiger partial charge >= 0.3 is 6.01 Å². The van der Waals surface area contributed by atoms with Crippen molar-refractivity contribution in [2.45, 2.75) is 6.92 Å². The third kappa shape index (κ3) is 2.43. The van der Waals surface area contributed by atoms with Crippen LogP contribution < -0.4 is 5.32 Å². The van der Waals surface area contributed by atoms with Crippen LogP contribution in [0.15, 0.2) is 27.5 Å². The van der Waals surface area contributed by atoms with Crippen LogP contribution in [0.3, 0.4) is 0 Å². The summed E-state index contributed by atoms with van der Waals surface area (Å²) in [7, 11) is 0. The Morgan fingerprint density at radius 3 is 2.94 bits per heavy atom. The summed E-state index contributed by atoms with van der Waals surface area (Å²) in [6.45, 7) is 1.67. The molecule has 6 nitrogen and oxygen atoms in total. The number of nitrogens with zero attached hydrogens (tertiary/aromatic N) is 3. The summed E-state index contributed by atoms with van der Waals surface area (Å²) in [5, 5.41) is 6.02. The van der Waals surface area contributed by atoms with Gasteiger partial charge in [0, 0.05) is 16.9 Å². The van der Waals surface area contributed by atoms with Crippen LogP contribution in [0.2, 0.25) is 0 Å². The van der Waals surface area contributed by atoms with E-state index in [2.05, 4.69) is 36.4 Å². The zero-order valence-electron chi connectivity index (χ0n) is 8.27. The predicted molar refractivity (Wildman–Crippen MR) is 58.9 cm³/mol. The standard InChI is InChI=1S/C9H7BrN4O2/c1-5-12-9(16-14-5)13-8(15)6-2-7(10)4-11-3-6/h2-4H,1H3,(H,12,13,14,15). The molecule has 0 radical (unpaired) electrons. The van der Waals surface area contributed by atoms with Crippen molar-refractivity contribution in [3.63, 3.8) is 0 Å². The van der Waals surface area contributed by atoms with Gasteiger partial charge in [-0.3, -0.25) is 15.1 Å². The van der Waals surface area contributed by atoms with E-state index in [0.717, 1.165) is 4.47 Å². The Bertz CT molecular complexity index is 526. The summed E-state index contributed by atoms with van der Waals surface area (Å²) in [4.78, 5) is 19.4. The van der Waals surface area contributed by atoms with Gasteiger partial charge in [0.25, 0.3) is 5.91 Å². The first-order chi connectivity index (χ1) is 7.65. The number of hydrogen-bond donors (Lipinski definition) is 1. The van der Waals surface area contributed by atoms with Crippen molar-refractivity contribution in [1.29, 1.82) is 0 Å². The van der Waals surface area contributed by atoms with Gasteiger partial charge in [-0.2, -0.15) is 4.98 Å². The molecule has 1 N–H and O–H groups in total. The molecule has 2 aromatic rings. The van der Waals surface area contributed by atoms with E-state index in [1.54, 1.807) is 19.2 Å². The molecule has 0 aromatic carbocycles. The number of hydrogen-bond acceptors (Lipinski definition) is 5. The van der Waals surface area contributed by atoms with Gasteiger partial charge in [-0.15, -0.1) is 0 Å². The second kappa shape index (κ2) is 4.40. The zero-order valence-corrected chi connectivity index (χ0v) is 9.85. The topological polar surface area (TPSA) is 80.9 Å². The van der Waals surface area contributed by atoms with Crippen molar-refractivity contribution in [2.75, 3.05) is 5.32 Å². The van der Waals surface area contributed by atoms with Gasteiger partial charge in [0.2, 0.25) is 0 Å². The predicted octanol–water partition coefficient (Wildman–Crippen LogP) is 1.79. The normalized spacial score (nSPS) is 10.1. The number of rotatable bonds is 2. The number of halogens is 1. The molecule has 2 heterocycles. The molecule has 2 rings (SSSR count). The van der Waals surface area contributed by atoms with Crippen LogP contribution in [0.1, 0.15) is 16.2 Å². The molecule has 0 saturated carbocycles. The lowest BCUT2D eigenvalue weighted by molar-refractivity contribution is 0.102. The van der Waals surface area contributed by atoms with Crippen molar-refractivity contribution in [1.82, 2.24) is 15.1 Å². The molecule has 0 aliphatic carbocycles. The van der Waals surface area contributed by atoms with E-state index in [4.69, 9.17) is 4.52 Å². The molecule has 0 bridgehead atoms. The SMILES string of the molecule is Cc1noc(NC(=O)c2cncc(Br)c2)n1. The minimum absolute atomic E-state index is 0.0717. The van der Waals surface area contributed by atoms with E-state index >= 15 is 0 Å². The molecular formula is C9H7BrN4O2. The fourth-order valence-corrected chi connectivity index (χ4v) is 1.42. The van der Waals surface area contributed by atoms with Crippen molar-refractivity contribution >= 4 is 27.9 Å². The van der Waals surface area contributed by atoms with Gasteiger partial charge in [-0.1, -0.05) is 5.16 Å². The molecule has 0 atom stereocenters. The molecule has 0 fully saturated rings. The van der Waals surface area contributed by atoms with Crippen LogP contribution in [-0.4, -0.2) is 21.0 Å².